The first-order valence-corrected chi connectivity index (χ1v) is 26.4. The van der Waals surface area contributed by atoms with Gasteiger partial charge in [-0.3, -0.25) is 14.4 Å². The van der Waals surface area contributed by atoms with Gasteiger partial charge < -0.3 is 14.2 Å². The van der Waals surface area contributed by atoms with Crippen LogP contribution in [-0.2, 0) is 28.6 Å². The maximum Gasteiger partial charge on any atom is 0.306 e. The fourth-order valence-electron chi connectivity index (χ4n) is 6.77. The molecule has 0 aliphatic carbocycles. The first-order valence-electron chi connectivity index (χ1n) is 26.4. The van der Waals surface area contributed by atoms with Gasteiger partial charge in [0.15, 0.2) is 6.10 Å². The summed E-state index contributed by atoms with van der Waals surface area (Å²) in [6.45, 7) is 6.37. The summed E-state index contributed by atoms with van der Waals surface area (Å²) in [6, 6.07) is 0. The number of allylic oxidation sites excluding steroid dienone is 18. The van der Waals surface area contributed by atoms with Crippen molar-refractivity contribution in [3.05, 3.63) is 109 Å². The number of hydrogen-bond donors (Lipinski definition) is 0. The maximum atomic E-state index is 12.8. The largest absolute Gasteiger partial charge is 0.462 e. The van der Waals surface area contributed by atoms with E-state index in [9.17, 15) is 14.4 Å². The van der Waals surface area contributed by atoms with Gasteiger partial charge in [-0.15, -0.1) is 0 Å². The van der Waals surface area contributed by atoms with Gasteiger partial charge in [0.25, 0.3) is 0 Å². The zero-order chi connectivity index (χ0) is 47.2. The van der Waals surface area contributed by atoms with Crippen molar-refractivity contribution in [3.63, 3.8) is 0 Å². The fraction of sp³-hybridized carbons (Fsp3) is 0.644. The van der Waals surface area contributed by atoms with Gasteiger partial charge in [-0.05, 0) is 122 Å². The lowest BCUT2D eigenvalue weighted by atomic mass is 10.1. The van der Waals surface area contributed by atoms with Crippen LogP contribution in [0.15, 0.2) is 109 Å². The Kier molecular flexibility index (Phi) is 49.5. The number of carbonyl (C=O) groups excluding carboxylic acids is 3. The topological polar surface area (TPSA) is 78.9 Å². The summed E-state index contributed by atoms with van der Waals surface area (Å²) in [4.78, 5) is 38.0. The third-order valence-corrected chi connectivity index (χ3v) is 10.7. The summed E-state index contributed by atoms with van der Waals surface area (Å²) >= 11 is 0. The van der Waals surface area contributed by atoms with Gasteiger partial charge in [0.05, 0.1) is 0 Å². The van der Waals surface area contributed by atoms with Crippen molar-refractivity contribution in [2.24, 2.45) is 0 Å². The van der Waals surface area contributed by atoms with E-state index in [1.165, 1.54) is 44.9 Å². The summed E-state index contributed by atoms with van der Waals surface area (Å²) in [5.41, 5.74) is 0. The molecule has 368 valence electrons. The number of unbranched alkanes of at least 4 members (excludes halogenated alkanes) is 17. The van der Waals surface area contributed by atoms with Crippen LogP contribution in [0, 0.1) is 0 Å². The van der Waals surface area contributed by atoms with Gasteiger partial charge in [0.1, 0.15) is 13.2 Å². The van der Waals surface area contributed by atoms with Crippen LogP contribution in [0.25, 0.3) is 0 Å². The zero-order valence-electron chi connectivity index (χ0n) is 42.0. The molecule has 0 aliphatic heterocycles. The van der Waals surface area contributed by atoms with Crippen LogP contribution in [0.1, 0.15) is 226 Å². The molecule has 0 spiro atoms. The third kappa shape index (κ3) is 50.9. The van der Waals surface area contributed by atoms with E-state index >= 15 is 0 Å². The maximum absolute atomic E-state index is 12.8. The highest BCUT2D eigenvalue weighted by atomic mass is 16.6. The van der Waals surface area contributed by atoms with Crippen LogP contribution >= 0.6 is 0 Å². The molecular weight excluding hydrogens is 805 g/mol. The first kappa shape index (κ1) is 61.1. The normalized spacial score (nSPS) is 13.0. The lowest BCUT2D eigenvalue weighted by Gasteiger charge is -2.18. The minimum atomic E-state index is -0.808. The average molecular weight is 901 g/mol. The van der Waals surface area contributed by atoms with Crippen LogP contribution in [-0.4, -0.2) is 37.2 Å². The highest BCUT2D eigenvalue weighted by molar-refractivity contribution is 5.71. The molecule has 65 heavy (non-hydrogen) atoms. The SMILES string of the molecule is CC/C=C\C/C=C\C/C=C\C/C=C\C/C=C\C/C=C\CCCCC(=O)OCC(COC(=O)CCCCCCC/C=C\CCCCCC)OC(=O)CCCCCCC/C=C\C/C=C\CCC. The van der Waals surface area contributed by atoms with Crippen molar-refractivity contribution in [2.75, 3.05) is 13.2 Å². The molecule has 0 heterocycles. The number of rotatable bonds is 46. The van der Waals surface area contributed by atoms with Gasteiger partial charge in [-0.1, -0.05) is 194 Å². The van der Waals surface area contributed by atoms with Gasteiger partial charge in [-0.2, -0.15) is 0 Å². The zero-order valence-corrected chi connectivity index (χ0v) is 42.0. The van der Waals surface area contributed by atoms with Crippen molar-refractivity contribution in [1.29, 1.82) is 0 Å². The van der Waals surface area contributed by atoms with Crippen molar-refractivity contribution in [1.82, 2.24) is 0 Å². The Morgan fingerprint density at radius 3 is 1.05 bits per heavy atom. The lowest BCUT2D eigenvalue weighted by molar-refractivity contribution is -0.167. The van der Waals surface area contributed by atoms with E-state index in [2.05, 4.69) is 130 Å². The van der Waals surface area contributed by atoms with E-state index in [4.69, 9.17) is 14.2 Å². The Labute approximate surface area is 400 Å². The van der Waals surface area contributed by atoms with Gasteiger partial charge >= 0.3 is 17.9 Å². The number of esters is 3. The minimum absolute atomic E-state index is 0.104. The third-order valence-electron chi connectivity index (χ3n) is 10.7. The number of carbonyl (C=O) groups is 3. The Balaban J connectivity index is 4.48. The van der Waals surface area contributed by atoms with Gasteiger partial charge in [0.2, 0.25) is 0 Å². The molecule has 0 radical (unpaired) electrons. The summed E-state index contributed by atoms with van der Waals surface area (Å²) in [5, 5.41) is 0. The van der Waals surface area contributed by atoms with Crippen LogP contribution < -0.4 is 0 Å². The van der Waals surface area contributed by atoms with Crippen LogP contribution in [0.5, 0.6) is 0 Å². The highest BCUT2D eigenvalue weighted by Gasteiger charge is 2.19. The molecule has 0 aliphatic rings. The quantitative estimate of drug-likeness (QED) is 0.0262. The summed E-state index contributed by atoms with van der Waals surface area (Å²) in [6.07, 6.45) is 70.7. The Bertz CT molecular complexity index is 1360. The molecule has 0 amide bonds. The second kappa shape index (κ2) is 52.7. The smallest absolute Gasteiger partial charge is 0.306 e. The molecule has 0 aromatic carbocycles. The molecule has 1 unspecified atom stereocenters. The predicted octanol–water partition coefficient (Wildman–Crippen LogP) is 17.5. The van der Waals surface area contributed by atoms with E-state index in [0.717, 1.165) is 135 Å². The van der Waals surface area contributed by atoms with Crippen LogP contribution in [0.4, 0.5) is 0 Å². The molecule has 6 heteroatoms. The molecule has 0 aromatic rings. The fourth-order valence-corrected chi connectivity index (χ4v) is 6.77. The monoisotopic (exact) mass is 901 g/mol. The summed E-state index contributed by atoms with van der Waals surface area (Å²) in [5.74, 6) is -0.977. The molecule has 0 bridgehead atoms. The highest BCUT2D eigenvalue weighted by Crippen LogP contribution is 2.13. The average Bonchev–Trinajstić information content (AvgIpc) is 3.30. The minimum Gasteiger partial charge on any atom is -0.462 e. The van der Waals surface area contributed by atoms with Gasteiger partial charge in [0, 0.05) is 19.3 Å². The second-order valence-electron chi connectivity index (χ2n) is 17.0. The molecule has 0 saturated heterocycles. The van der Waals surface area contributed by atoms with Crippen LogP contribution in [0.3, 0.4) is 0 Å². The van der Waals surface area contributed by atoms with Crippen molar-refractivity contribution in [3.8, 4) is 0 Å². The number of ether oxygens (including phenoxy) is 3. The Hall–Kier alpha value is -3.93. The summed E-state index contributed by atoms with van der Waals surface area (Å²) < 4.78 is 16.7. The Morgan fingerprint density at radius 2 is 0.631 bits per heavy atom. The van der Waals surface area contributed by atoms with E-state index in [1.807, 2.05) is 0 Å². The van der Waals surface area contributed by atoms with Crippen LogP contribution in [0.2, 0.25) is 0 Å². The Morgan fingerprint density at radius 1 is 0.323 bits per heavy atom. The second-order valence-corrected chi connectivity index (χ2v) is 17.0. The molecular formula is C59H96O6. The predicted molar refractivity (Wildman–Crippen MR) is 279 cm³/mol. The van der Waals surface area contributed by atoms with Crippen molar-refractivity contribution < 1.29 is 28.6 Å². The molecule has 1 atom stereocenters. The molecule has 0 N–H and O–H groups in total. The molecule has 0 aromatic heterocycles. The van der Waals surface area contributed by atoms with Crippen molar-refractivity contribution in [2.45, 2.75) is 232 Å². The molecule has 0 rings (SSSR count). The van der Waals surface area contributed by atoms with E-state index in [1.54, 1.807) is 0 Å². The molecule has 6 nitrogen and oxygen atoms in total. The molecule has 0 fully saturated rings. The lowest BCUT2D eigenvalue weighted by Crippen LogP contribution is -2.30. The van der Waals surface area contributed by atoms with Crippen molar-refractivity contribution >= 4 is 17.9 Å². The van der Waals surface area contributed by atoms with E-state index in [-0.39, 0.29) is 31.1 Å². The van der Waals surface area contributed by atoms with E-state index in [0.29, 0.717) is 25.7 Å². The van der Waals surface area contributed by atoms with E-state index < -0.39 is 6.10 Å². The van der Waals surface area contributed by atoms with Gasteiger partial charge in [-0.25, -0.2) is 0 Å². The standard InChI is InChI=1S/C59H96O6/c1-4-7-10-13-16-19-22-25-26-27-28-29-30-31-32-35-37-40-43-46-49-52-58(61)64-55-56(65-59(62)53-50-47-44-41-38-34-24-21-18-15-12-9-6-3)54-63-57(60)51-48-45-42-39-36-33-23-20-17-14-11-8-5-2/h7,10,12,15-16,19-21,23-26,28-29,31-32,37,40,56H,4-6,8-9,11,13-14,17-18,22,27,30,33-36,38-39,41-55H2,1-3H3/b10-7-,15-12-,19-16-,23-20-,24-21-,26-25-,29-28-,32-31-,40-37-. The first-order chi connectivity index (χ1) is 32.0. The molecule has 0 saturated carbocycles. The number of hydrogen-bond acceptors (Lipinski definition) is 6. The summed E-state index contributed by atoms with van der Waals surface area (Å²) in [7, 11) is 0.